The Labute approximate surface area is 94.1 Å². The fourth-order valence-corrected chi connectivity index (χ4v) is 0. The van der Waals surface area contributed by atoms with Crippen LogP contribution in [0.4, 0.5) is 0 Å². The number of hydrogen-bond donors (Lipinski definition) is 0. The van der Waals surface area contributed by atoms with Crippen LogP contribution in [0.5, 0.6) is 0 Å². The van der Waals surface area contributed by atoms with Crippen LogP contribution in [0, 0.1) is 0 Å². The quantitative estimate of drug-likeness (QED) is 0.458. The molecular weight excluding hydrogens is 359 g/mol. The summed E-state index contributed by atoms with van der Waals surface area (Å²) in [6.07, 6.45) is 0. The maximum absolute atomic E-state index is 8.25. The van der Waals surface area contributed by atoms with Gasteiger partial charge in [-0.25, -0.2) is 0 Å². The molecule has 0 saturated carbocycles. The Hall–Kier alpha value is 2.92. The van der Waals surface area contributed by atoms with Crippen molar-refractivity contribution in [2.24, 2.45) is 0 Å². The van der Waals surface area contributed by atoms with Gasteiger partial charge in [0, 0.05) is 0 Å². The second-order valence-corrected chi connectivity index (χ2v) is 0. The van der Waals surface area contributed by atoms with Crippen LogP contribution in [0.2, 0.25) is 0 Å². The Kier molecular flexibility index (Phi) is 66.3. The molecule has 4 heavy (non-hydrogen) atoms. The van der Waals surface area contributed by atoms with E-state index in [-0.39, 0.29) is 72.8 Å². The van der Waals surface area contributed by atoms with E-state index in [2.05, 4.69) is 0 Å². The third-order valence-corrected chi connectivity index (χ3v) is 0. The zero-order valence-corrected chi connectivity index (χ0v) is 8.67. The van der Waals surface area contributed by atoms with Gasteiger partial charge in [-0.1, -0.05) is 0 Å². The van der Waals surface area contributed by atoms with Crippen molar-refractivity contribution >= 4 is 72.8 Å². The zero-order valence-electron chi connectivity index (χ0n) is 1.62. The van der Waals surface area contributed by atoms with Gasteiger partial charge >= 0.3 is 96.5 Å². The topological polar surface area (TPSA) is 17.1 Å². The van der Waals surface area contributed by atoms with Crippen LogP contribution in [0.3, 0.4) is 0 Å². The summed E-state index contributed by atoms with van der Waals surface area (Å²) < 4.78 is 8.25. The van der Waals surface area contributed by atoms with E-state index < -0.39 is 0 Å². The first-order chi connectivity index (χ1) is 1.00. The Bertz CT molecular complexity index is 8.00. The molecule has 0 aliphatic rings. The Morgan fingerprint density at radius 1 is 1.25 bits per heavy atom. The van der Waals surface area contributed by atoms with Crippen LogP contribution >= 0.6 is 0 Å². The molecule has 2 radical (unpaired) electrons. The molecule has 0 aromatic carbocycles. The van der Waals surface area contributed by atoms with Gasteiger partial charge < -0.3 is 0 Å². The molecule has 0 rings (SSSR count). The molecule has 0 aliphatic carbocycles. The van der Waals surface area contributed by atoms with Crippen LogP contribution in [0.15, 0.2) is 0 Å². The van der Waals surface area contributed by atoms with Crippen molar-refractivity contribution in [1.82, 2.24) is 0 Å². The van der Waals surface area contributed by atoms with Gasteiger partial charge in [0.2, 0.25) is 0 Å². The maximum atomic E-state index is 8.25. The Morgan fingerprint density at radius 3 is 1.25 bits per heavy atom. The van der Waals surface area contributed by atoms with Crippen molar-refractivity contribution < 1.29 is 23.7 Å². The first kappa shape index (κ1) is 15.8. The SMILES string of the molecule is [O]=[Ti].[PbH2].[SrH2]. The minimum absolute atomic E-state index is 0. The molecule has 0 saturated heterocycles. The Morgan fingerprint density at radius 2 is 1.25 bits per heavy atom. The predicted molar refractivity (Wildman–Crippen MR) is 17.8 cm³/mol. The van der Waals surface area contributed by atoms with Gasteiger partial charge in [-0.15, -0.1) is 0 Å². The molecule has 4 heteroatoms. The van der Waals surface area contributed by atoms with E-state index in [1.807, 2.05) is 0 Å². The minimum atomic E-state index is 0. The second-order valence-electron chi connectivity index (χ2n) is 0. The molecule has 0 spiro atoms. The van der Waals surface area contributed by atoms with Crippen molar-refractivity contribution in [2.75, 3.05) is 0 Å². The third-order valence-electron chi connectivity index (χ3n) is 0. The molecule has 0 aromatic rings. The summed E-state index contributed by atoms with van der Waals surface area (Å²) >= 11 is 0.750. The average Bonchev–Trinajstić information content (AvgIpc) is 1.00. The van der Waals surface area contributed by atoms with Crippen molar-refractivity contribution in [1.29, 1.82) is 0 Å². The van der Waals surface area contributed by atoms with Crippen LogP contribution in [-0.2, 0) is 23.7 Å². The van der Waals surface area contributed by atoms with Crippen LogP contribution in [0.25, 0.3) is 0 Å². The van der Waals surface area contributed by atoms with E-state index in [9.17, 15) is 0 Å². The molecule has 0 heterocycles. The first-order valence-electron chi connectivity index (χ1n) is 0.204. The molecule has 0 unspecified atom stereocenters. The molecule has 0 amide bonds. The van der Waals surface area contributed by atoms with Gasteiger partial charge in [-0.2, -0.15) is 0 Å². The van der Waals surface area contributed by atoms with Crippen LogP contribution in [-0.4, -0.2) is 72.8 Å². The molecule has 0 bridgehead atoms. The van der Waals surface area contributed by atoms with Gasteiger partial charge in [-0.3, -0.25) is 0 Å². The van der Waals surface area contributed by atoms with E-state index in [1.165, 1.54) is 0 Å². The van der Waals surface area contributed by atoms with Gasteiger partial charge in [0.05, 0.1) is 0 Å². The molecular formula is H4OPbSrTi. The monoisotopic (exact) mass is 364 g/mol. The summed E-state index contributed by atoms with van der Waals surface area (Å²) in [6, 6.07) is 0. The van der Waals surface area contributed by atoms with Gasteiger partial charge in [-0.05, 0) is 0 Å². The fourth-order valence-electron chi connectivity index (χ4n) is 0. The van der Waals surface area contributed by atoms with E-state index in [4.69, 9.17) is 3.32 Å². The molecule has 20 valence electrons. The van der Waals surface area contributed by atoms with E-state index >= 15 is 0 Å². The first-order valence-corrected chi connectivity index (χ1v) is 0.842. The third kappa shape index (κ3) is 8.87. The zero-order chi connectivity index (χ0) is 2.00. The van der Waals surface area contributed by atoms with Crippen molar-refractivity contribution in [3.05, 3.63) is 0 Å². The van der Waals surface area contributed by atoms with Gasteiger partial charge in [0.1, 0.15) is 0 Å². The number of hydrogen-bond acceptors (Lipinski definition) is 1. The predicted octanol–water partition coefficient (Wildman–Crippen LogP) is -1.95. The Balaban J connectivity index is -0.00000000500. The second kappa shape index (κ2) is 16.8. The van der Waals surface area contributed by atoms with Crippen molar-refractivity contribution in [3.63, 3.8) is 0 Å². The van der Waals surface area contributed by atoms with Crippen LogP contribution < -0.4 is 0 Å². The summed E-state index contributed by atoms with van der Waals surface area (Å²) in [5.41, 5.74) is 0. The number of rotatable bonds is 0. The summed E-state index contributed by atoms with van der Waals surface area (Å²) in [4.78, 5) is 0. The van der Waals surface area contributed by atoms with Crippen LogP contribution in [0.1, 0.15) is 0 Å². The molecule has 0 N–H and O–H groups in total. The van der Waals surface area contributed by atoms with Gasteiger partial charge in [0.25, 0.3) is 0 Å². The summed E-state index contributed by atoms with van der Waals surface area (Å²) in [5, 5.41) is 0. The van der Waals surface area contributed by atoms with Crippen molar-refractivity contribution in [3.8, 4) is 0 Å². The average molecular weight is 363 g/mol. The van der Waals surface area contributed by atoms with E-state index in [0.717, 1.165) is 20.4 Å². The standard InChI is InChI=1S/O.Pb.Sr.Ti.4H. The fraction of sp³-hybridized carbons (Fsp3) is 0. The molecule has 0 aromatic heterocycles. The van der Waals surface area contributed by atoms with Crippen molar-refractivity contribution in [2.45, 2.75) is 0 Å². The molecule has 1 nitrogen and oxygen atoms in total. The summed E-state index contributed by atoms with van der Waals surface area (Å²) in [5.74, 6) is 0. The summed E-state index contributed by atoms with van der Waals surface area (Å²) in [6.45, 7) is 0. The normalized spacial score (nSPS) is 0.750. The van der Waals surface area contributed by atoms with E-state index in [0.29, 0.717) is 0 Å². The summed E-state index contributed by atoms with van der Waals surface area (Å²) in [7, 11) is 0. The van der Waals surface area contributed by atoms with E-state index in [1.54, 1.807) is 0 Å². The molecule has 0 aliphatic heterocycles. The van der Waals surface area contributed by atoms with Gasteiger partial charge in [0.15, 0.2) is 0 Å². The molecule has 0 atom stereocenters. The molecule has 0 fully saturated rings.